The fourth-order valence-corrected chi connectivity index (χ4v) is 4.22. The Bertz CT molecular complexity index is 1130. The van der Waals surface area contributed by atoms with Gasteiger partial charge in [-0.05, 0) is 31.2 Å². The molecule has 0 saturated carbocycles. The van der Waals surface area contributed by atoms with E-state index in [1.165, 1.54) is 16.3 Å². The number of rotatable bonds is 6. The summed E-state index contributed by atoms with van der Waals surface area (Å²) >= 11 is 1.27. The molecule has 7 nitrogen and oxygen atoms in total. The number of nitrogens with zero attached hydrogens (tertiary/aromatic N) is 3. The molecule has 0 fully saturated rings. The van der Waals surface area contributed by atoms with Crippen LogP contribution >= 0.6 is 11.8 Å². The number of ether oxygens (including phenoxy) is 2. The number of hydrogen-bond acceptors (Lipinski definition) is 6. The molecule has 30 heavy (non-hydrogen) atoms. The van der Waals surface area contributed by atoms with E-state index in [0.717, 1.165) is 5.75 Å². The van der Waals surface area contributed by atoms with Gasteiger partial charge in [-0.2, -0.15) is 0 Å². The number of hydrogen-bond donors (Lipinski definition) is 0. The third-order valence-electron chi connectivity index (χ3n) is 4.99. The van der Waals surface area contributed by atoms with Crippen LogP contribution in [0, 0.1) is 0 Å². The second kappa shape index (κ2) is 8.79. The number of thioether (sulfide) groups is 1. The fraction of sp³-hybridized carbons (Fsp3) is 0.318. The van der Waals surface area contributed by atoms with Crippen LogP contribution in [0.4, 0.5) is 0 Å². The van der Waals surface area contributed by atoms with Gasteiger partial charge in [0.25, 0.3) is 5.56 Å². The third-order valence-corrected chi connectivity index (χ3v) is 6.01. The summed E-state index contributed by atoms with van der Waals surface area (Å²) in [6.45, 7) is 3.33. The first-order chi connectivity index (χ1) is 14.6. The monoisotopic (exact) mass is 425 g/mol. The standard InChI is InChI=1S/C22H23N3O4S/c1-3-25(12-15-13-28-18-10-6-7-11-19(18)29-15)20(26)14-30-22-23-17-9-5-4-8-16(17)21(27)24(22)2/h4-11,15H,3,12-14H2,1-2H3. The predicted molar refractivity (Wildman–Crippen MR) is 116 cm³/mol. The van der Waals surface area contributed by atoms with E-state index in [-0.39, 0.29) is 23.3 Å². The summed E-state index contributed by atoms with van der Waals surface area (Å²) in [6, 6.07) is 14.7. The minimum atomic E-state index is -0.225. The van der Waals surface area contributed by atoms with Crippen molar-refractivity contribution in [1.29, 1.82) is 0 Å². The highest BCUT2D eigenvalue weighted by Gasteiger charge is 2.25. The summed E-state index contributed by atoms with van der Waals surface area (Å²) in [5.41, 5.74) is 0.517. The summed E-state index contributed by atoms with van der Waals surface area (Å²) < 4.78 is 13.2. The van der Waals surface area contributed by atoms with Gasteiger partial charge in [0, 0.05) is 13.6 Å². The van der Waals surface area contributed by atoms with Crippen LogP contribution in [-0.2, 0) is 11.8 Å². The molecule has 1 unspecified atom stereocenters. The van der Waals surface area contributed by atoms with Crippen LogP contribution in [0.3, 0.4) is 0 Å². The molecule has 1 aliphatic rings. The average Bonchev–Trinajstić information content (AvgIpc) is 2.78. The first-order valence-corrected chi connectivity index (χ1v) is 10.8. The van der Waals surface area contributed by atoms with E-state index >= 15 is 0 Å². The maximum Gasteiger partial charge on any atom is 0.261 e. The summed E-state index contributed by atoms with van der Waals surface area (Å²) in [5.74, 6) is 1.58. The molecule has 0 N–H and O–H groups in total. The van der Waals surface area contributed by atoms with Gasteiger partial charge in [-0.1, -0.05) is 36.0 Å². The Morgan fingerprint density at radius 3 is 2.73 bits per heavy atom. The molecule has 1 amide bonds. The van der Waals surface area contributed by atoms with Gasteiger partial charge in [-0.3, -0.25) is 14.2 Å². The number of fused-ring (bicyclic) bond motifs is 2. The Hall–Kier alpha value is -3.00. The van der Waals surface area contributed by atoms with Crippen LogP contribution < -0.4 is 15.0 Å². The summed E-state index contributed by atoms with van der Waals surface area (Å²) in [5, 5.41) is 1.09. The lowest BCUT2D eigenvalue weighted by atomic mass is 10.2. The van der Waals surface area contributed by atoms with Crippen molar-refractivity contribution in [2.75, 3.05) is 25.4 Å². The van der Waals surface area contributed by atoms with Crippen molar-refractivity contribution in [3.05, 3.63) is 58.9 Å². The van der Waals surface area contributed by atoms with Gasteiger partial charge in [0.1, 0.15) is 6.61 Å². The van der Waals surface area contributed by atoms with Crippen molar-refractivity contribution >= 4 is 28.6 Å². The molecule has 3 aromatic rings. The molecule has 1 aliphatic heterocycles. The quantitative estimate of drug-likeness (QED) is 0.447. The van der Waals surface area contributed by atoms with Crippen molar-refractivity contribution in [3.63, 3.8) is 0 Å². The van der Waals surface area contributed by atoms with E-state index < -0.39 is 0 Å². The van der Waals surface area contributed by atoms with E-state index in [9.17, 15) is 9.59 Å². The minimum absolute atomic E-state index is 0.0348. The van der Waals surface area contributed by atoms with E-state index in [4.69, 9.17) is 9.47 Å². The number of aromatic nitrogens is 2. The smallest absolute Gasteiger partial charge is 0.261 e. The number of para-hydroxylation sites is 3. The van der Waals surface area contributed by atoms with Gasteiger partial charge in [0.05, 0.1) is 23.2 Å². The van der Waals surface area contributed by atoms with Gasteiger partial charge in [0.2, 0.25) is 5.91 Å². The van der Waals surface area contributed by atoms with Crippen LogP contribution in [0.1, 0.15) is 6.92 Å². The third kappa shape index (κ3) is 4.14. The average molecular weight is 426 g/mol. The summed E-state index contributed by atoms with van der Waals surface area (Å²) in [6.07, 6.45) is -0.225. The second-order valence-corrected chi connectivity index (χ2v) is 7.94. The lowest BCUT2D eigenvalue weighted by Gasteiger charge is -2.30. The molecule has 1 atom stereocenters. The van der Waals surface area contributed by atoms with Gasteiger partial charge in [0.15, 0.2) is 22.8 Å². The van der Waals surface area contributed by atoms with E-state index in [2.05, 4.69) is 4.98 Å². The zero-order chi connectivity index (χ0) is 21.1. The van der Waals surface area contributed by atoms with E-state index in [1.807, 2.05) is 43.3 Å². The Morgan fingerprint density at radius 2 is 1.93 bits per heavy atom. The first kappa shape index (κ1) is 20.3. The normalized spacial score (nSPS) is 15.2. The topological polar surface area (TPSA) is 73.7 Å². The predicted octanol–water partition coefficient (Wildman–Crippen LogP) is 2.71. The van der Waals surface area contributed by atoms with Crippen LogP contribution in [0.25, 0.3) is 10.9 Å². The highest BCUT2D eigenvalue weighted by atomic mass is 32.2. The van der Waals surface area contributed by atoms with E-state index in [1.54, 1.807) is 24.1 Å². The van der Waals surface area contributed by atoms with Crippen LogP contribution in [0.2, 0.25) is 0 Å². The zero-order valence-corrected chi connectivity index (χ0v) is 17.7. The Labute approximate surface area is 178 Å². The van der Waals surface area contributed by atoms with Gasteiger partial charge < -0.3 is 14.4 Å². The van der Waals surface area contributed by atoms with Crippen LogP contribution in [0.15, 0.2) is 58.5 Å². The molecule has 2 aromatic carbocycles. The fourth-order valence-electron chi connectivity index (χ4n) is 3.35. The molecular formula is C22H23N3O4S. The van der Waals surface area contributed by atoms with Crippen molar-refractivity contribution in [2.45, 2.75) is 18.2 Å². The molecule has 156 valence electrons. The lowest BCUT2D eigenvalue weighted by Crippen LogP contribution is -2.44. The molecule has 0 aliphatic carbocycles. The number of carbonyl (C=O) groups is 1. The van der Waals surface area contributed by atoms with Crippen LogP contribution in [-0.4, -0.2) is 51.9 Å². The van der Waals surface area contributed by atoms with Crippen molar-refractivity contribution in [2.24, 2.45) is 7.05 Å². The molecule has 0 saturated heterocycles. The molecular weight excluding hydrogens is 402 g/mol. The Kier molecular flexibility index (Phi) is 5.94. The number of benzene rings is 2. The van der Waals surface area contributed by atoms with Crippen molar-refractivity contribution < 1.29 is 14.3 Å². The Balaban J connectivity index is 1.41. The SMILES string of the molecule is CCN(CC1COc2ccccc2O1)C(=O)CSc1nc2ccccc2c(=O)n1C. The lowest BCUT2D eigenvalue weighted by molar-refractivity contribution is -0.129. The highest BCUT2D eigenvalue weighted by Crippen LogP contribution is 2.31. The molecule has 2 heterocycles. The zero-order valence-electron chi connectivity index (χ0n) is 16.9. The van der Waals surface area contributed by atoms with Gasteiger partial charge in [-0.15, -0.1) is 0 Å². The molecule has 0 spiro atoms. The number of amides is 1. The minimum Gasteiger partial charge on any atom is -0.486 e. The molecule has 0 radical (unpaired) electrons. The van der Waals surface area contributed by atoms with Crippen molar-refractivity contribution in [1.82, 2.24) is 14.5 Å². The molecule has 4 rings (SSSR count). The maximum atomic E-state index is 12.8. The van der Waals surface area contributed by atoms with E-state index in [0.29, 0.717) is 41.5 Å². The maximum absolute atomic E-state index is 12.8. The Morgan fingerprint density at radius 1 is 1.20 bits per heavy atom. The first-order valence-electron chi connectivity index (χ1n) is 9.81. The molecule has 8 heteroatoms. The van der Waals surface area contributed by atoms with Gasteiger partial charge in [-0.25, -0.2) is 4.98 Å². The number of carbonyl (C=O) groups excluding carboxylic acids is 1. The summed E-state index contributed by atoms with van der Waals surface area (Å²) in [4.78, 5) is 31.6. The second-order valence-electron chi connectivity index (χ2n) is 6.99. The van der Waals surface area contributed by atoms with Gasteiger partial charge >= 0.3 is 0 Å². The van der Waals surface area contributed by atoms with Crippen molar-refractivity contribution in [3.8, 4) is 11.5 Å². The largest absolute Gasteiger partial charge is 0.486 e. The van der Waals surface area contributed by atoms with Crippen LogP contribution in [0.5, 0.6) is 11.5 Å². The summed E-state index contributed by atoms with van der Waals surface area (Å²) in [7, 11) is 1.68. The molecule has 1 aromatic heterocycles. The number of likely N-dealkylation sites (N-methyl/N-ethyl adjacent to an activating group) is 1. The molecule has 0 bridgehead atoms. The highest BCUT2D eigenvalue weighted by molar-refractivity contribution is 7.99.